The van der Waals surface area contributed by atoms with Gasteiger partial charge in [0.15, 0.2) is 0 Å². The maximum Gasteiger partial charge on any atom is 0.252 e. The van der Waals surface area contributed by atoms with Crippen molar-refractivity contribution in [1.29, 1.82) is 0 Å². The Bertz CT molecular complexity index is 1160. The van der Waals surface area contributed by atoms with Crippen molar-refractivity contribution in [2.75, 3.05) is 13.7 Å². The van der Waals surface area contributed by atoms with Crippen molar-refractivity contribution in [2.45, 2.75) is 6.10 Å². The number of amides is 1. The van der Waals surface area contributed by atoms with Crippen molar-refractivity contribution >= 4 is 16.8 Å². The molecule has 5 heteroatoms. The van der Waals surface area contributed by atoms with Crippen LogP contribution in [-0.2, 0) is 0 Å². The molecule has 4 rings (SSSR count). The smallest absolute Gasteiger partial charge is 0.252 e. The highest BCUT2D eigenvalue weighted by atomic mass is 16.5. The van der Waals surface area contributed by atoms with Crippen molar-refractivity contribution in [3.05, 3.63) is 96.1 Å². The van der Waals surface area contributed by atoms with Crippen molar-refractivity contribution in [1.82, 2.24) is 10.3 Å². The quantitative estimate of drug-likeness (QED) is 0.506. The number of benzene rings is 3. The first-order chi connectivity index (χ1) is 14.7. The van der Waals surface area contributed by atoms with Crippen LogP contribution in [0, 0.1) is 0 Å². The Morgan fingerprint density at radius 3 is 2.43 bits per heavy atom. The molecule has 150 valence electrons. The standard InChI is InChI=1S/C25H22N2O3/c1-30-19-13-11-17(12-14-19)23-15-21(20-9-5-6-10-22(20)27-23)25(29)26-16-24(28)18-7-3-2-4-8-18/h2-15,24,28H,16H2,1H3,(H,26,29)/t24-/m0/s1. The van der Waals surface area contributed by atoms with Crippen molar-refractivity contribution in [3.63, 3.8) is 0 Å². The number of aromatic nitrogens is 1. The lowest BCUT2D eigenvalue weighted by molar-refractivity contribution is 0.0918. The number of methoxy groups -OCH3 is 1. The molecule has 3 aromatic carbocycles. The number of para-hydroxylation sites is 1. The van der Waals surface area contributed by atoms with E-state index < -0.39 is 6.10 Å². The Labute approximate surface area is 175 Å². The zero-order chi connectivity index (χ0) is 20.9. The van der Waals surface area contributed by atoms with E-state index in [0.29, 0.717) is 11.3 Å². The van der Waals surface area contributed by atoms with Gasteiger partial charge in [0.05, 0.1) is 30.0 Å². The second-order valence-corrected chi connectivity index (χ2v) is 6.94. The molecule has 0 aliphatic rings. The number of aliphatic hydroxyl groups is 1. The van der Waals surface area contributed by atoms with Crippen LogP contribution in [0.15, 0.2) is 84.9 Å². The highest BCUT2D eigenvalue weighted by Gasteiger charge is 2.16. The van der Waals surface area contributed by atoms with Crippen LogP contribution in [0.3, 0.4) is 0 Å². The van der Waals surface area contributed by atoms with Crippen LogP contribution in [0.2, 0.25) is 0 Å². The molecule has 0 radical (unpaired) electrons. The first-order valence-corrected chi connectivity index (χ1v) is 9.71. The van der Waals surface area contributed by atoms with Crippen LogP contribution in [0.1, 0.15) is 22.0 Å². The minimum Gasteiger partial charge on any atom is -0.497 e. The normalized spacial score (nSPS) is 11.8. The molecule has 5 nitrogen and oxygen atoms in total. The van der Waals surface area contributed by atoms with Gasteiger partial charge >= 0.3 is 0 Å². The Balaban J connectivity index is 1.64. The van der Waals surface area contributed by atoms with Crippen LogP contribution in [0.4, 0.5) is 0 Å². The Morgan fingerprint density at radius 2 is 1.70 bits per heavy atom. The van der Waals surface area contributed by atoms with Gasteiger partial charge in [0.2, 0.25) is 0 Å². The number of carbonyl (C=O) groups is 1. The number of hydrogen-bond acceptors (Lipinski definition) is 4. The lowest BCUT2D eigenvalue weighted by atomic mass is 10.0. The van der Waals surface area contributed by atoms with Gasteiger partial charge in [0, 0.05) is 17.5 Å². The molecule has 0 saturated carbocycles. The molecular weight excluding hydrogens is 376 g/mol. The molecule has 1 atom stereocenters. The number of carbonyl (C=O) groups excluding carboxylic acids is 1. The SMILES string of the molecule is COc1ccc(-c2cc(C(=O)NC[C@H](O)c3ccccc3)c3ccccc3n2)cc1. The van der Waals surface area contributed by atoms with E-state index in [0.717, 1.165) is 27.8 Å². The van der Waals surface area contributed by atoms with Crippen molar-refractivity contribution in [3.8, 4) is 17.0 Å². The summed E-state index contributed by atoms with van der Waals surface area (Å²) in [5.74, 6) is 0.505. The molecule has 1 heterocycles. The van der Waals surface area contributed by atoms with Crippen LogP contribution < -0.4 is 10.1 Å². The maximum absolute atomic E-state index is 13.0. The fourth-order valence-electron chi connectivity index (χ4n) is 3.35. The average molecular weight is 398 g/mol. The number of aliphatic hydroxyl groups excluding tert-OH is 1. The minimum absolute atomic E-state index is 0.122. The molecule has 0 spiro atoms. The Morgan fingerprint density at radius 1 is 1.00 bits per heavy atom. The fraction of sp³-hybridized carbons (Fsp3) is 0.120. The van der Waals surface area contributed by atoms with Gasteiger partial charge in [-0.2, -0.15) is 0 Å². The van der Waals surface area contributed by atoms with E-state index in [1.807, 2.05) is 78.9 Å². The van der Waals surface area contributed by atoms with Gasteiger partial charge in [-0.05, 0) is 42.0 Å². The van der Waals surface area contributed by atoms with E-state index in [-0.39, 0.29) is 12.5 Å². The van der Waals surface area contributed by atoms with E-state index in [2.05, 4.69) is 5.32 Å². The van der Waals surface area contributed by atoms with Crippen LogP contribution >= 0.6 is 0 Å². The van der Waals surface area contributed by atoms with Gasteiger partial charge in [-0.3, -0.25) is 4.79 Å². The molecule has 0 saturated heterocycles. The summed E-state index contributed by atoms with van der Waals surface area (Å²) in [7, 11) is 1.62. The summed E-state index contributed by atoms with van der Waals surface area (Å²) in [5, 5.41) is 14.0. The second kappa shape index (κ2) is 8.76. The first-order valence-electron chi connectivity index (χ1n) is 9.71. The van der Waals surface area contributed by atoms with Gasteiger partial charge in [-0.25, -0.2) is 4.98 Å². The minimum atomic E-state index is -0.774. The number of nitrogens with zero attached hydrogens (tertiary/aromatic N) is 1. The predicted octanol–water partition coefficient (Wildman–Crippen LogP) is 4.37. The number of fused-ring (bicyclic) bond motifs is 1. The summed E-state index contributed by atoms with van der Waals surface area (Å²) in [6.45, 7) is 0.122. The predicted molar refractivity (Wildman–Crippen MR) is 117 cm³/mol. The monoisotopic (exact) mass is 398 g/mol. The molecule has 4 aromatic rings. The van der Waals surface area contributed by atoms with Gasteiger partial charge < -0.3 is 15.2 Å². The molecule has 0 fully saturated rings. The number of nitrogens with one attached hydrogen (secondary N) is 1. The maximum atomic E-state index is 13.0. The molecular formula is C25H22N2O3. The summed E-state index contributed by atoms with van der Waals surface area (Å²) >= 11 is 0. The third-order valence-corrected chi connectivity index (χ3v) is 4.99. The van der Waals surface area contributed by atoms with Crippen molar-refractivity contribution < 1.29 is 14.6 Å². The molecule has 0 unspecified atom stereocenters. The molecule has 1 aromatic heterocycles. The zero-order valence-electron chi connectivity index (χ0n) is 16.6. The number of hydrogen-bond donors (Lipinski definition) is 2. The summed E-state index contributed by atoms with van der Waals surface area (Å²) in [6, 6.07) is 26.2. The van der Waals surface area contributed by atoms with Crippen LogP contribution in [0.25, 0.3) is 22.2 Å². The van der Waals surface area contributed by atoms with E-state index >= 15 is 0 Å². The van der Waals surface area contributed by atoms with E-state index in [9.17, 15) is 9.90 Å². The third-order valence-electron chi connectivity index (χ3n) is 4.99. The lowest BCUT2D eigenvalue weighted by Crippen LogP contribution is -2.28. The number of rotatable bonds is 6. The highest BCUT2D eigenvalue weighted by Crippen LogP contribution is 2.26. The zero-order valence-corrected chi connectivity index (χ0v) is 16.6. The van der Waals surface area contributed by atoms with Gasteiger partial charge in [0.1, 0.15) is 5.75 Å². The largest absolute Gasteiger partial charge is 0.497 e. The number of ether oxygens (including phenoxy) is 1. The Kier molecular flexibility index (Phi) is 5.72. The summed E-state index contributed by atoms with van der Waals surface area (Å²) in [5.41, 5.74) is 3.60. The molecule has 2 N–H and O–H groups in total. The molecule has 0 aliphatic heterocycles. The molecule has 0 bridgehead atoms. The van der Waals surface area contributed by atoms with Crippen molar-refractivity contribution in [2.24, 2.45) is 0 Å². The number of pyridine rings is 1. The molecule has 1 amide bonds. The third kappa shape index (κ3) is 4.16. The summed E-state index contributed by atoms with van der Waals surface area (Å²) in [6.07, 6.45) is -0.774. The molecule has 0 aliphatic carbocycles. The van der Waals surface area contributed by atoms with E-state index in [1.165, 1.54) is 0 Å². The van der Waals surface area contributed by atoms with Gasteiger partial charge in [-0.15, -0.1) is 0 Å². The fourth-order valence-corrected chi connectivity index (χ4v) is 3.35. The van der Waals surface area contributed by atoms with Gasteiger partial charge in [-0.1, -0.05) is 48.5 Å². The van der Waals surface area contributed by atoms with Crippen LogP contribution in [0.5, 0.6) is 5.75 Å². The van der Waals surface area contributed by atoms with Crippen LogP contribution in [-0.4, -0.2) is 29.7 Å². The van der Waals surface area contributed by atoms with E-state index in [1.54, 1.807) is 13.2 Å². The average Bonchev–Trinajstić information content (AvgIpc) is 2.82. The van der Waals surface area contributed by atoms with E-state index in [4.69, 9.17) is 9.72 Å². The lowest BCUT2D eigenvalue weighted by Gasteiger charge is -2.14. The van der Waals surface area contributed by atoms with Gasteiger partial charge in [0.25, 0.3) is 5.91 Å². The topological polar surface area (TPSA) is 71.5 Å². The second-order valence-electron chi connectivity index (χ2n) is 6.94. The highest BCUT2D eigenvalue weighted by molar-refractivity contribution is 6.07. The molecule has 30 heavy (non-hydrogen) atoms. The summed E-state index contributed by atoms with van der Waals surface area (Å²) in [4.78, 5) is 17.7. The Hall–Kier alpha value is -3.70. The summed E-state index contributed by atoms with van der Waals surface area (Å²) < 4.78 is 5.22. The first kappa shape index (κ1) is 19.6.